The lowest BCUT2D eigenvalue weighted by atomic mass is 10.2. The van der Waals surface area contributed by atoms with Crippen molar-refractivity contribution in [3.8, 4) is 0 Å². The molecule has 1 aliphatic heterocycles. The van der Waals surface area contributed by atoms with Crippen LogP contribution in [0.2, 0.25) is 0 Å². The first-order valence-electron chi connectivity index (χ1n) is 9.89. The Bertz CT molecular complexity index is 839. The maximum atomic E-state index is 12.7. The number of carbonyl (C=O) groups excluding carboxylic acids is 2. The van der Waals surface area contributed by atoms with E-state index in [-0.39, 0.29) is 11.9 Å². The Balaban J connectivity index is 1.55. The van der Waals surface area contributed by atoms with E-state index in [4.69, 9.17) is 0 Å². The fraction of sp³-hybridized carbons (Fsp3) is 0.381. The molecular formula is C21H27N5O2S. The van der Waals surface area contributed by atoms with E-state index in [1.165, 1.54) is 0 Å². The lowest BCUT2D eigenvalue weighted by molar-refractivity contribution is 0.0949. The van der Waals surface area contributed by atoms with Crippen LogP contribution in [0, 0.1) is 0 Å². The van der Waals surface area contributed by atoms with Gasteiger partial charge in [-0.2, -0.15) is 0 Å². The van der Waals surface area contributed by atoms with Crippen molar-refractivity contribution < 1.29 is 9.59 Å². The van der Waals surface area contributed by atoms with Crippen molar-refractivity contribution in [2.24, 2.45) is 0 Å². The third-order valence-corrected chi connectivity index (χ3v) is 5.82. The van der Waals surface area contributed by atoms with Crippen molar-refractivity contribution in [3.05, 3.63) is 48.2 Å². The lowest BCUT2D eigenvalue weighted by Gasteiger charge is -2.28. The minimum atomic E-state index is -0.198. The lowest BCUT2D eigenvalue weighted by Crippen LogP contribution is -2.38. The summed E-state index contributed by atoms with van der Waals surface area (Å²) in [7, 11) is 0. The molecule has 3 rings (SSSR count). The standard InChI is InChI=1S/C21H27N5O2S/c1-3-25(4-2)13-12-22-19(27)16-7-9-17(10-8-16)24-21(28)26-14-15-29-20-18(26)6-5-11-23-20/h5-11H,3-4,12-15H2,1-2H3,(H,22,27)(H,24,28). The Morgan fingerprint density at radius 1 is 1.17 bits per heavy atom. The largest absolute Gasteiger partial charge is 0.351 e. The fourth-order valence-electron chi connectivity index (χ4n) is 3.13. The molecule has 0 radical (unpaired) electrons. The zero-order valence-electron chi connectivity index (χ0n) is 16.9. The van der Waals surface area contributed by atoms with Gasteiger partial charge in [-0.3, -0.25) is 9.69 Å². The quantitative estimate of drug-likeness (QED) is 0.728. The van der Waals surface area contributed by atoms with Gasteiger partial charge in [0.05, 0.1) is 5.69 Å². The van der Waals surface area contributed by atoms with Gasteiger partial charge in [0.15, 0.2) is 0 Å². The zero-order chi connectivity index (χ0) is 20.6. The highest BCUT2D eigenvalue weighted by Crippen LogP contribution is 2.32. The number of carbonyl (C=O) groups is 2. The Hall–Kier alpha value is -2.58. The molecular weight excluding hydrogens is 386 g/mol. The zero-order valence-corrected chi connectivity index (χ0v) is 17.7. The number of nitrogens with one attached hydrogen (secondary N) is 2. The normalized spacial score (nSPS) is 13.1. The SMILES string of the molecule is CCN(CC)CCNC(=O)c1ccc(NC(=O)N2CCSc3ncccc32)cc1. The Morgan fingerprint density at radius 2 is 1.93 bits per heavy atom. The third-order valence-electron chi connectivity index (χ3n) is 4.85. The second-order valence-electron chi connectivity index (χ2n) is 6.62. The highest BCUT2D eigenvalue weighted by Gasteiger charge is 2.23. The number of nitrogens with zero attached hydrogens (tertiary/aromatic N) is 3. The summed E-state index contributed by atoms with van der Waals surface area (Å²) >= 11 is 1.65. The van der Waals surface area contributed by atoms with Gasteiger partial charge in [0.1, 0.15) is 5.03 Å². The van der Waals surface area contributed by atoms with Crippen molar-refractivity contribution in [2.45, 2.75) is 18.9 Å². The summed E-state index contributed by atoms with van der Waals surface area (Å²) in [5.41, 5.74) is 2.05. The van der Waals surface area contributed by atoms with Crippen LogP contribution >= 0.6 is 11.8 Å². The number of urea groups is 1. The number of pyridine rings is 1. The topological polar surface area (TPSA) is 77.6 Å². The molecule has 0 spiro atoms. The van der Waals surface area contributed by atoms with Gasteiger partial charge in [-0.25, -0.2) is 9.78 Å². The molecule has 1 aliphatic rings. The molecule has 0 saturated carbocycles. The van der Waals surface area contributed by atoms with E-state index in [0.717, 1.165) is 36.1 Å². The van der Waals surface area contributed by atoms with Crippen molar-refractivity contribution in [2.75, 3.05) is 48.7 Å². The van der Waals surface area contributed by atoms with Crippen LogP contribution in [-0.2, 0) is 0 Å². The predicted octanol–water partition coefficient (Wildman–Crippen LogP) is 3.30. The van der Waals surface area contributed by atoms with E-state index >= 15 is 0 Å². The molecule has 0 saturated heterocycles. The van der Waals surface area contributed by atoms with Gasteiger partial charge in [0, 0.05) is 42.8 Å². The van der Waals surface area contributed by atoms with E-state index in [1.54, 1.807) is 47.1 Å². The third kappa shape index (κ3) is 5.48. The van der Waals surface area contributed by atoms with Gasteiger partial charge < -0.3 is 15.5 Å². The molecule has 0 fully saturated rings. The van der Waals surface area contributed by atoms with Crippen LogP contribution < -0.4 is 15.5 Å². The smallest absolute Gasteiger partial charge is 0.326 e. The maximum Gasteiger partial charge on any atom is 0.326 e. The van der Waals surface area contributed by atoms with Gasteiger partial charge in [-0.15, -0.1) is 11.8 Å². The number of rotatable bonds is 7. The first kappa shape index (κ1) is 21.1. The molecule has 29 heavy (non-hydrogen) atoms. The Morgan fingerprint density at radius 3 is 2.66 bits per heavy atom. The predicted molar refractivity (Wildman–Crippen MR) is 118 cm³/mol. The van der Waals surface area contributed by atoms with Gasteiger partial charge in [-0.05, 0) is 49.5 Å². The number of anilines is 2. The van der Waals surface area contributed by atoms with Crippen molar-refractivity contribution >= 4 is 35.1 Å². The summed E-state index contributed by atoms with van der Waals surface area (Å²) in [4.78, 5) is 33.3. The van der Waals surface area contributed by atoms with E-state index in [2.05, 4.69) is 34.4 Å². The van der Waals surface area contributed by atoms with Gasteiger partial charge in [0.2, 0.25) is 0 Å². The van der Waals surface area contributed by atoms with Gasteiger partial charge >= 0.3 is 6.03 Å². The summed E-state index contributed by atoms with van der Waals surface area (Å²) in [6, 6.07) is 10.5. The second kappa shape index (κ2) is 10.3. The average molecular weight is 414 g/mol. The highest BCUT2D eigenvalue weighted by atomic mass is 32.2. The van der Waals surface area contributed by atoms with Crippen LogP contribution in [0.1, 0.15) is 24.2 Å². The first-order chi connectivity index (χ1) is 14.1. The molecule has 7 nitrogen and oxygen atoms in total. The van der Waals surface area contributed by atoms with Crippen LogP contribution in [0.5, 0.6) is 0 Å². The highest BCUT2D eigenvalue weighted by molar-refractivity contribution is 7.99. The number of hydrogen-bond donors (Lipinski definition) is 2. The number of fused-ring (bicyclic) bond motifs is 1. The van der Waals surface area contributed by atoms with Crippen LogP contribution in [0.4, 0.5) is 16.2 Å². The molecule has 1 aromatic carbocycles. The van der Waals surface area contributed by atoms with Crippen LogP contribution in [0.15, 0.2) is 47.6 Å². The number of benzene rings is 1. The van der Waals surface area contributed by atoms with Crippen LogP contribution in [0.3, 0.4) is 0 Å². The molecule has 0 aliphatic carbocycles. The monoisotopic (exact) mass is 413 g/mol. The average Bonchev–Trinajstić information content (AvgIpc) is 2.76. The van der Waals surface area contributed by atoms with E-state index in [9.17, 15) is 9.59 Å². The molecule has 8 heteroatoms. The van der Waals surface area contributed by atoms with E-state index in [1.807, 2.05) is 12.1 Å². The van der Waals surface area contributed by atoms with Crippen molar-refractivity contribution in [1.29, 1.82) is 0 Å². The number of aromatic nitrogens is 1. The van der Waals surface area contributed by atoms with Gasteiger partial charge in [-0.1, -0.05) is 13.8 Å². The fourth-order valence-corrected chi connectivity index (χ4v) is 4.06. The minimum absolute atomic E-state index is 0.108. The second-order valence-corrected chi connectivity index (χ2v) is 7.70. The summed E-state index contributed by atoms with van der Waals surface area (Å²) in [5, 5.41) is 6.71. The Labute approximate surface area is 175 Å². The number of thioether (sulfide) groups is 1. The van der Waals surface area contributed by atoms with Crippen LogP contribution in [-0.4, -0.2) is 60.3 Å². The summed E-state index contributed by atoms with van der Waals surface area (Å²) in [6.07, 6.45) is 1.74. The number of hydrogen-bond acceptors (Lipinski definition) is 5. The molecule has 1 aromatic heterocycles. The van der Waals surface area contributed by atoms with Crippen molar-refractivity contribution in [3.63, 3.8) is 0 Å². The molecule has 0 unspecified atom stereocenters. The molecule has 2 N–H and O–H groups in total. The van der Waals surface area contributed by atoms with Crippen molar-refractivity contribution in [1.82, 2.24) is 15.2 Å². The van der Waals surface area contributed by atoms with Crippen LogP contribution in [0.25, 0.3) is 0 Å². The first-order valence-corrected chi connectivity index (χ1v) is 10.9. The molecule has 0 atom stereocenters. The molecule has 2 aromatic rings. The van der Waals surface area contributed by atoms with E-state index in [0.29, 0.717) is 24.3 Å². The summed E-state index contributed by atoms with van der Waals surface area (Å²) in [5.74, 6) is 0.701. The van der Waals surface area contributed by atoms with Gasteiger partial charge in [0.25, 0.3) is 5.91 Å². The number of likely N-dealkylation sites (N-methyl/N-ethyl adjacent to an activating group) is 1. The minimum Gasteiger partial charge on any atom is -0.351 e. The number of amides is 3. The molecule has 0 bridgehead atoms. The van der Waals surface area contributed by atoms with E-state index < -0.39 is 0 Å². The maximum absolute atomic E-state index is 12.7. The molecule has 154 valence electrons. The summed E-state index contributed by atoms with van der Waals surface area (Å²) < 4.78 is 0. The summed E-state index contributed by atoms with van der Waals surface area (Å²) in [6.45, 7) is 8.22. The Kier molecular flexibility index (Phi) is 7.48. The molecule has 2 heterocycles. The molecule has 3 amide bonds.